The number of amides is 1. The van der Waals surface area contributed by atoms with Gasteiger partial charge in [0.1, 0.15) is 0 Å². The minimum absolute atomic E-state index is 0.291. The summed E-state index contributed by atoms with van der Waals surface area (Å²) in [4.78, 5) is 27.5. The molecule has 3 aliphatic rings. The van der Waals surface area contributed by atoms with Gasteiger partial charge in [-0.05, 0) is 30.9 Å². The van der Waals surface area contributed by atoms with E-state index in [0.717, 1.165) is 57.2 Å². The fourth-order valence-corrected chi connectivity index (χ4v) is 4.65. The number of hydrogen-bond acceptors (Lipinski definition) is 4. The lowest BCUT2D eigenvalue weighted by atomic mass is 9.91. The zero-order valence-electron chi connectivity index (χ0n) is 15.3. The number of rotatable bonds is 3. The van der Waals surface area contributed by atoms with Crippen LogP contribution in [0.4, 0.5) is 0 Å². The lowest BCUT2D eigenvalue weighted by Gasteiger charge is -2.43. The number of aromatic amines is 1. The number of hydrogen-bond donors (Lipinski definition) is 1. The molecule has 2 aliphatic heterocycles. The molecule has 0 spiro atoms. The standard InChI is InChI=1S/C20H27N5O/c26-20(25-10-8-24(9-11-25)15-2-1-3-15)14-23-7-5-16-17-12-21-6-4-18(17)22-19(16)13-23/h4,6,12,15,22H,1-3,5,7-11,13-14H2. The Hall–Kier alpha value is -1.92. The van der Waals surface area contributed by atoms with Crippen LogP contribution in [0.25, 0.3) is 10.9 Å². The van der Waals surface area contributed by atoms with Gasteiger partial charge in [0.05, 0.1) is 6.54 Å². The number of carbonyl (C=O) groups excluding carboxylic acids is 1. The molecule has 0 radical (unpaired) electrons. The summed E-state index contributed by atoms with van der Waals surface area (Å²) in [6, 6.07) is 2.83. The van der Waals surface area contributed by atoms with E-state index in [9.17, 15) is 4.79 Å². The van der Waals surface area contributed by atoms with Gasteiger partial charge in [0.2, 0.25) is 5.91 Å². The van der Waals surface area contributed by atoms with Crippen molar-refractivity contribution in [3.63, 3.8) is 0 Å². The van der Waals surface area contributed by atoms with Crippen molar-refractivity contribution >= 4 is 16.8 Å². The summed E-state index contributed by atoms with van der Waals surface area (Å²) in [7, 11) is 0. The van der Waals surface area contributed by atoms with Gasteiger partial charge in [-0.15, -0.1) is 0 Å². The first-order valence-electron chi connectivity index (χ1n) is 9.95. The summed E-state index contributed by atoms with van der Waals surface area (Å²) in [5.74, 6) is 0.291. The molecule has 4 heterocycles. The van der Waals surface area contributed by atoms with Crippen molar-refractivity contribution in [3.8, 4) is 0 Å². The van der Waals surface area contributed by atoms with E-state index in [4.69, 9.17) is 0 Å². The van der Waals surface area contributed by atoms with Crippen LogP contribution in [-0.4, -0.2) is 75.9 Å². The number of nitrogens with zero attached hydrogens (tertiary/aromatic N) is 4. The summed E-state index contributed by atoms with van der Waals surface area (Å²) < 4.78 is 0. The molecule has 0 bridgehead atoms. The van der Waals surface area contributed by atoms with Crippen LogP contribution in [0.1, 0.15) is 30.5 Å². The zero-order valence-corrected chi connectivity index (χ0v) is 15.3. The number of fused-ring (bicyclic) bond motifs is 3. The molecule has 1 aliphatic carbocycles. The van der Waals surface area contributed by atoms with Gasteiger partial charge in [-0.2, -0.15) is 0 Å². The topological polar surface area (TPSA) is 55.5 Å². The smallest absolute Gasteiger partial charge is 0.236 e. The highest BCUT2D eigenvalue weighted by atomic mass is 16.2. The molecule has 2 aromatic rings. The molecule has 0 aromatic carbocycles. The Morgan fingerprint density at radius 2 is 2.04 bits per heavy atom. The molecule has 6 heteroatoms. The maximum Gasteiger partial charge on any atom is 0.236 e. The van der Waals surface area contributed by atoms with Crippen LogP contribution in [0, 0.1) is 0 Å². The van der Waals surface area contributed by atoms with E-state index in [2.05, 4.69) is 24.7 Å². The first-order valence-corrected chi connectivity index (χ1v) is 9.95. The van der Waals surface area contributed by atoms with Crippen molar-refractivity contribution in [1.29, 1.82) is 0 Å². The van der Waals surface area contributed by atoms with Gasteiger partial charge in [0.15, 0.2) is 0 Å². The molecule has 1 N–H and O–H groups in total. The minimum Gasteiger partial charge on any atom is -0.357 e. The summed E-state index contributed by atoms with van der Waals surface area (Å²) in [6.45, 7) is 6.21. The lowest BCUT2D eigenvalue weighted by molar-refractivity contribution is -0.135. The lowest BCUT2D eigenvalue weighted by Crippen LogP contribution is -2.55. The van der Waals surface area contributed by atoms with Crippen LogP contribution < -0.4 is 0 Å². The van der Waals surface area contributed by atoms with Crippen LogP contribution in [0.5, 0.6) is 0 Å². The van der Waals surface area contributed by atoms with Crippen molar-refractivity contribution in [2.24, 2.45) is 0 Å². The Labute approximate surface area is 154 Å². The second-order valence-electron chi connectivity index (χ2n) is 7.97. The highest BCUT2D eigenvalue weighted by Gasteiger charge is 2.30. The third kappa shape index (κ3) is 2.91. The van der Waals surface area contributed by atoms with Crippen molar-refractivity contribution in [2.75, 3.05) is 39.3 Å². The molecule has 1 saturated heterocycles. The van der Waals surface area contributed by atoms with Gasteiger partial charge in [-0.3, -0.25) is 19.6 Å². The second kappa shape index (κ2) is 6.67. The van der Waals surface area contributed by atoms with Crippen molar-refractivity contribution < 1.29 is 4.79 Å². The Bertz CT molecular complexity index is 804. The normalized spacial score (nSPS) is 22.4. The van der Waals surface area contributed by atoms with Gasteiger partial charge in [0.25, 0.3) is 0 Å². The summed E-state index contributed by atoms with van der Waals surface area (Å²) in [5.41, 5.74) is 3.79. The largest absolute Gasteiger partial charge is 0.357 e. The molecule has 2 aromatic heterocycles. The fraction of sp³-hybridized carbons (Fsp3) is 0.600. The molecule has 0 unspecified atom stereocenters. The monoisotopic (exact) mass is 353 g/mol. The molecular formula is C20H27N5O. The number of pyridine rings is 1. The van der Waals surface area contributed by atoms with Crippen LogP contribution >= 0.6 is 0 Å². The predicted molar refractivity (Wildman–Crippen MR) is 101 cm³/mol. The number of H-pyrrole nitrogens is 1. The van der Waals surface area contributed by atoms with E-state index in [1.54, 1.807) is 0 Å². The molecule has 2 fully saturated rings. The second-order valence-corrected chi connectivity index (χ2v) is 7.97. The van der Waals surface area contributed by atoms with Crippen LogP contribution in [0.2, 0.25) is 0 Å². The maximum absolute atomic E-state index is 12.8. The first kappa shape index (κ1) is 16.3. The quantitative estimate of drug-likeness (QED) is 0.911. The molecule has 5 rings (SSSR count). The van der Waals surface area contributed by atoms with Crippen molar-refractivity contribution in [2.45, 2.75) is 38.3 Å². The summed E-state index contributed by atoms with van der Waals surface area (Å²) in [5, 5.41) is 1.24. The van der Waals surface area contributed by atoms with Gasteiger partial charge in [0, 0.05) is 74.3 Å². The maximum atomic E-state index is 12.8. The Morgan fingerprint density at radius 3 is 2.81 bits per heavy atom. The van der Waals surface area contributed by atoms with E-state index in [1.165, 1.54) is 35.9 Å². The van der Waals surface area contributed by atoms with Crippen molar-refractivity contribution in [1.82, 2.24) is 24.7 Å². The molecule has 1 saturated carbocycles. The molecule has 26 heavy (non-hydrogen) atoms. The first-order chi connectivity index (χ1) is 12.8. The van der Waals surface area contributed by atoms with Crippen molar-refractivity contribution in [3.05, 3.63) is 29.7 Å². The van der Waals surface area contributed by atoms with E-state index >= 15 is 0 Å². The molecular weight excluding hydrogens is 326 g/mol. The van der Waals surface area contributed by atoms with Crippen LogP contribution in [-0.2, 0) is 17.8 Å². The Morgan fingerprint density at radius 1 is 1.19 bits per heavy atom. The van der Waals surface area contributed by atoms with Gasteiger partial charge in [-0.1, -0.05) is 6.42 Å². The zero-order chi connectivity index (χ0) is 17.5. The van der Waals surface area contributed by atoms with E-state index in [-0.39, 0.29) is 0 Å². The van der Waals surface area contributed by atoms with E-state index < -0.39 is 0 Å². The van der Waals surface area contributed by atoms with Gasteiger partial charge in [-0.25, -0.2) is 0 Å². The number of piperazine rings is 1. The minimum atomic E-state index is 0.291. The third-order valence-electron chi connectivity index (χ3n) is 6.47. The molecule has 1 amide bonds. The van der Waals surface area contributed by atoms with E-state index in [0.29, 0.717) is 12.5 Å². The highest BCUT2D eigenvalue weighted by Crippen LogP contribution is 2.27. The number of nitrogens with one attached hydrogen (secondary N) is 1. The molecule has 138 valence electrons. The predicted octanol–water partition coefficient (Wildman–Crippen LogP) is 1.62. The highest BCUT2D eigenvalue weighted by molar-refractivity contribution is 5.84. The number of aromatic nitrogens is 2. The van der Waals surface area contributed by atoms with E-state index in [1.807, 2.05) is 18.5 Å². The Balaban J connectivity index is 1.19. The Kier molecular flexibility index (Phi) is 4.17. The van der Waals surface area contributed by atoms with Gasteiger partial charge < -0.3 is 9.88 Å². The average molecular weight is 353 g/mol. The van der Waals surface area contributed by atoms with Gasteiger partial charge >= 0.3 is 0 Å². The number of carbonyl (C=O) groups is 1. The fourth-order valence-electron chi connectivity index (χ4n) is 4.65. The average Bonchev–Trinajstić information content (AvgIpc) is 2.98. The molecule has 6 nitrogen and oxygen atoms in total. The summed E-state index contributed by atoms with van der Waals surface area (Å²) in [6.07, 6.45) is 8.85. The van der Waals surface area contributed by atoms with Crippen LogP contribution in [0.15, 0.2) is 18.5 Å². The molecule has 0 atom stereocenters. The van der Waals surface area contributed by atoms with Crippen LogP contribution in [0.3, 0.4) is 0 Å². The SMILES string of the molecule is O=C(CN1CCc2c([nH]c3ccncc23)C1)N1CCN(C2CCC2)CC1. The summed E-state index contributed by atoms with van der Waals surface area (Å²) >= 11 is 0. The third-order valence-corrected chi connectivity index (χ3v) is 6.47.